The molecule has 5 heterocycles. The van der Waals surface area contributed by atoms with Gasteiger partial charge in [-0.25, -0.2) is 27.9 Å². The maximum Gasteiger partial charge on any atom is 0.330 e. The first-order valence-electron chi connectivity index (χ1n) is 9.64. The molecule has 1 atom stereocenters. The van der Waals surface area contributed by atoms with Crippen LogP contribution in [0, 0.1) is 5.82 Å². The van der Waals surface area contributed by atoms with Crippen molar-refractivity contribution in [3.63, 3.8) is 0 Å². The van der Waals surface area contributed by atoms with Gasteiger partial charge in [-0.15, -0.1) is 0 Å². The minimum Gasteiger partial charge on any atom is -0.320 e. The molecule has 0 amide bonds. The summed E-state index contributed by atoms with van der Waals surface area (Å²) in [5, 5.41) is 2.77. The number of likely N-dealkylation sites (tertiary alicyclic amines) is 1. The first-order chi connectivity index (χ1) is 14.7. The van der Waals surface area contributed by atoms with Crippen molar-refractivity contribution in [3.05, 3.63) is 47.2 Å². The van der Waals surface area contributed by atoms with Gasteiger partial charge in [-0.1, -0.05) is 0 Å². The number of nitrogens with one attached hydrogen (secondary N) is 1. The maximum absolute atomic E-state index is 14.8. The third-order valence-electron chi connectivity index (χ3n) is 5.62. The smallest absolute Gasteiger partial charge is 0.320 e. The summed E-state index contributed by atoms with van der Waals surface area (Å²) < 4.78 is 48.0. The van der Waals surface area contributed by atoms with Gasteiger partial charge in [-0.3, -0.25) is 9.13 Å². The number of hydrogen-bond acceptors (Lipinski definition) is 6. The molecule has 0 bridgehead atoms. The number of aromatic nitrogens is 6. The highest BCUT2D eigenvalue weighted by Crippen LogP contribution is 2.37. The highest BCUT2D eigenvalue weighted by atomic mass is 19.3. The highest BCUT2D eigenvalue weighted by molar-refractivity contribution is 5.73. The second-order valence-electron chi connectivity index (χ2n) is 7.77. The van der Waals surface area contributed by atoms with Gasteiger partial charge in [0.15, 0.2) is 11.5 Å². The Labute approximate surface area is 173 Å². The lowest BCUT2D eigenvalue weighted by molar-refractivity contribution is -0.0979. The van der Waals surface area contributed by atoms with E-state index in [0.29, 0.717) is 17.7 Å². The fourth-order valence-electron chi connectivity index (χ4n) is 4.04. The number of imidazole rings is 2. The quantitative estimate of drug-likeness (QED) is 0.534. The number of alkyl halides is 2. The zero-order chi connectivity index (χ0) is 21.9. The molecule has 4 aromatic heterocycles. The molecule has 0 aliphatic carbocycles. The minimum atomic E-state index is -3.11. The van der Waals surface area contributed by atoms with Crippen LogP contribution in [0.4, 0.5) is 24.8 Å². The van der Waals surface area contributed by atoms with Crippen molar-refractivity contribution >= 4 is 28.4 Å². The van der Waals surface area contributed by atoms with Crippen LogP contribution in [0.1, 0.15) is 12.5 Å². The lowest BCUT2D eigenvalue weighted by Crippen LogP contribution is -2.49. The summed E-state index contributed by atoms with van der Waals surface area (Å²) in [4.78, 5) is 26.8. The van der Waals surface area contributed by atoms with Gasteiger partial charge in [0.2, 0.25) is 5.95 Å². The molecule has 1 saturated heterocycles. The molecule has 0 radical (unpaired) electrons. The van der Waals surface area contributed by atoms with Crippen LogP contribution >= 0.6 is 0 Å². The number of halogens is 3. The molecule has 1 aliphatic rings. The van der Waals surface area contributed by atoms with Crippen LogP contribution in [-0.2, 0) is 7.05 Å². The molecule has 4 aromatic rings. The van der Waals surface area contributed by atoms with Crippen LogP contribution in [0.3, 0.4) is 0 Å². The number of pyridine rings is 1. The lowest BCUT2D eigenvalue weighted by Gasteiger charge is -2.36. The van der Waals surface area contributed by atoms with Crippen molar-refractivity contribution in [1.29, 1.82) is 0 Å². The van der Waals surface area contributed by atoms with E-state index < -0.39 is 30.0 Å². The molecule has 1 fully saturated rings. The van der Waals surface area contributed by atoms with E-state index in [-0.39, 0.29) is 23.7 Å². The molecule has 1 aliphatic heterocycles. The predicted molar refractivity (Wildman–Crippen MR) is 107 cm³/mol. The topological polar surface area (TPSA) is 85.3 Å². The van der Waals surface area contributed by atoms with E-state index in [0.717, 1.165) is 4.57 Å². The molecule has 9 nitrogen and oxygen atoms in total. The Morgan fingerprint density at radius 2 is 2.06 bits per heavy atom. The summed E-state index contributed by atoms with van der Waals surface area (Å²) >= 11 is 0. The predicted octanol–water partition coefficient (Wildman–Crippen LogP) is 2.17. The molecular weight excluding hydrogens is 413 g/mol. The van der Waals surface area contributed by atoms with Gasteiger partial charge in [-0.05, 0) is 13.5 Å². The van der Waals surface area contributed by atoms with Gasteiger partial charge in [-0.2, -0.15) is 4.98 Å². The number of anilines is 2. The second kappa shape index (κ2) is 6.80. The standard InChI is InChI=1S/C19H19F3N8O/c1-27-5-3-14(19(21,22)10-27)30-16-13(28(2)18(30)31)8-24-17(26-16)25-12-9-29-6-4-23-15(29)7-11(12)20/h4,6-9,14H,3,5,10H2,1-2H3,(H,24,25,26)/t14-/m1/s1. The van der Waals surface area contributed by atoms with Gasteiger partial charge in [0.1, 0.15) is 17.2 Å². The SMILES string of the molecule is CN1CC[C@@H](n2c(=O)n(C)c3cnc(Nc4cn5ccnc5cc4F)nc32)C(F)(F)C1. The van der Waals surface area contributed by atoms with Gasteiger partial charge in [0.25, 0.3) is 5.92 Å². The summed E-state index contributed by atoms with van der Waals surface area (Å²) in [5.41, 5.74) is 0.306. The Morgan fingerprint density at radius 3 is 2.84 bits per heavy atom. The average Bonchev–Trinajstić information content (AvgIpc) is 3.24. The first kappa shape index (κ1) is 19.5. The lowest BCUT2D eigenvalue weighted by atomic mass is 10.0. The van der Waals surface area contributed by atoms with E-state index in [9.17, 15) is 18.0 Å². The fraction of sp³-hybridized carbons (Fsp3) is 0.368. The normalized spacial score (nSPS) is 19.3. The Kier molecular flexibility index (Phi) is 4.29. The fourth-order valence-corrected chi connectivity index (χ4v) is 4.04. The minimum absolute atomic E-state index is 0.0125. The molecule has 5 rings (SSSR count). The highest BCUT2D eigenvalue weighted by Gasteiger charge is 2.46. The Bertz CT molecular complexity index is 1360. The van der Waals surface area contributed by atoms with Gasteiger partial charge < -0.3 is 14.6 Å². The molecule has 0 unspecified atom stereocenters. The van der Waals surface area contributed by atoms with Crippen molar-refractivity contribution in [2.45, 2.75) is 18.4 Å². The van der Waals surface area contributed by atoms with Crippen LogP contribution in [0.2, 0.25) is 0 Å². The van der Waals surface area contributed by atoms with Crippen LogP contribution in [0.5, 0.6) is 0 Å². The number of nitrogens with zero attached hydrogens (tertiary/aromatic N) is 7. The van der Waals surface area contributed by atoms with Gasteiger partial charge in [0.05, 0.1) is 18.4 Å². The molecule has 1 N–H and O–H groups in total. The summed E-state index contributed by atoms with van der Waals surface area (Å²) in [6.45, 7) is -0.0256. The Balaban J connectivity index is 1.60. The van der Waals surface area contributed by atoms with Crippen LogP contribution in [0.15, 0.2) is 35.6 Å². The largest absolute Gasteiger partial charge is 0.330 e. The van der Waals surface area contributed by atoms with Crippen molar-refractivity contribution < 1.29 is 13.2 Å². The maximum atomic E-state index is 14.8. The molecule has 31 heavy (non-hydrogen) atoms. The third kappa shape index (κ3) is 3.14. The molecular formula is C19H19F3N8O. The average molecular weight is 432 g/mol. The van der Waals surface area contributed by atoms with Gasteiger partial charge >= 0.3 is 5.69 Å². The van der Waals surface area contributed by atoms with Crippen molar-refractivity contribution in [1.82, 2.24) is 33.4 Å². The zero-order valence-electron chi connectivity index (χ0n) is 16.8. The zero-order valence-corrected chi connectivity index (χ0v) is 16.8. The summed E-state index contributed by atoms with van der Waals surface area (Å²) in [6, 6.07) is -0.0834. The van der Waals surface area contributed by atoms with Gasteiger partial charge in [0, 0.05) is 38.2 Å². The van der Waals surface area contributed by atoms with Crippen LogP contribution < -0.4 is 11.0 Å². The molecule has 162 valence electrons. The number of rotatable bonds is 3. The van der Waals surface area contributed by atoms with Crippen LogP contribution in [-0.4, -0.2) is 59.4 Å². The Hall–Kier alpha value is -3.41. The molecule has 0 aromatic carbocycles. The number of aryl methyl sites for hydroxylation is 1. The van der Waals surface area contributed by atoms with E-state index in [1.807, 2.05) is 0 Å². The number of fused-ring (bicyclic) bond motifs is 2. The summed E-state index contributed by atoms with van der Waals surface area (Å²) in [7, 11) is 3.10. The van der Waals surface area contributed by atoms with Crippen molar-refractivity contribution in [2.24, 2.45) is 7.05 Å². The number of piperidine rings is 1. The van der Waals surface area contributed by atoms with E-state index in [1.165, 1.54) is 41.2 Å². The third-order valence-corrected chi connectivity index (χ3v) is 5.62. The molecule has 0 saturated carbocycles. The summed E-state index contributed by atoms with van der Waals surface area (Å²) in [6.07, 6.45) is 6.13. The van der Waals surface area contributed by atoms with E-state index in [1.54, 1.807) is 17.6 Å². The van der Waals surface area contributed by atoms with Crippen LogP contribution in [0.25, 0.3) is 16.8 Å². The summed E-state index contributed by atoms with van der Waals surface area (Å²) in [5.74, 6) is -3.70. The number of hydrogen-bond donors (Lipinski definition) is 1. The molecule has 12 heteroatoms. The monoisotopic (exact) mass is 432 g/mol. The van der Waals surface area contributed by atoms with E-state index in [4.69, 9.17) is 0 Å². The van der Waals surface area contributed by atoms with Crippen molar-refractivity contribution in [2.75, 3.05) is 25.5 Å². The van der Waals surface area contributed by atoms with E-state index >= 15 is 0 Å². The second-order valence-corrected chi connectivity index (χ2v) is 7.77. The van der Waals surface area contributed by atoms with E-state index in [2.05, 4.69) is 20.3 Å². The first-order valence-corrected chi connectivity index (χ1v) is 9.64. The Morgan fingerprint density at radius 1 is 1.26 bits per heavy atom. The van der Waals surface area contributed by atoms with Crippen molar-refractivity contribution in [3.8, 4) is 0 Å². The molecule has 0 spiro atoms.